The molecule has 0 aliphatic carbocycles. The SMILES string of the molecule is Cn1ncc(-c2nc(-c3cc(S(N)(=O)=O)ccc3CCCC(C)(C)O)cnc2N)n1. The Morgan fingerprint density at radius 2 is 1.93 bits per heavy atom. The predicted octanol–water partition coefficient (Wildman–Crippen LogP) is 1.26. The van der Waals surface area contributed by atoms with Crippen LogP contribution in [0.1, 0.15) is 32.3 Å². The van der Waals surface area contributed by atoms with Gasteiger partial charge in [0.1, 0.15) is 11.4 Å². The minimum Gasteiger partial charge on any atom is -0.390 e. The number of nitrogen functional groups attached to an aromatic ring is 1. The van der Waals surface area contributed by atoms with Crippen LogP contribution >= 0.6 is 0 Å². The van der Waals surface area contributed by atoms with Crippen molar-refractivity contribution < 1.29 is 13.5 Å². The van der Waals surface area contributed by atoms with Gasteiger partial charge in [-0.25, -0.2) is 23.5 Å². The minimum absolute atomic E-state index is 0.0246. The molecule has 0 saturated carbocycles. The Morgan fingerprint density at radius 3 is 2.53 bits per heavy atom. The predicted molar refractivity (Wildman–Crippen MR) is 112 cm³/mol. The number of aliphatic hydroxyl groups is 1. The van der Waals surface area contributed by atoms with E-state index in [1.54, 1.807) is 27.0 Å². The number of nitrogens with zero attached hydrogens (tertiary/aromatic N) is 5. The van der Waals surface area contributed by atoms with Gasteiger partial charge >= 0.3 is 0 Å². The van der Waals surface area contributed by atoms with E-state index in [4.69, 9.17) is 10.9 Å². The van der Waals surface area contributed by atoms with E-state index < -0.39 is 15.6 Å². The molecule has 10 nitrogen and oxygen atoms in total. The zero-order chi connectivity index (χ0) is 22.1. The molecule has 1 aromatic carbocycles. The lowest BCUT2D eigenvalue weighted by atomic mass is 9.95. The number of aryl methyl sites for hydroxylation is 2. The number of sulfonamides is 1. The van der Waals surface area contributed by atoms with Crippen LogP contribution in [0.4, 0.5) is 5.82 Å². The number of hydrogen-bond donors (Lipinski definition) is 3. The lowest BCUT2D eigenvalue weighted by molar-refractivity contribution is 0.0689. The quantitative estimate of drug-likeness (QED) is 0.503. The molecule has 0 fully saturated rings. The smallest absolute Gasteiger partial charge is 0.238 e. The molecule has 5 N–H and O–H groups in total. The van der Waals surface area contributed by atoms with Crippen molar-refractivity contribution >= 4 is 15.8 Å². The number of anilines is 1. The molecule has 0 atom stereocenters. The fourth-order valence-electron chi connectivity index (χ4n) is 3.07. The average Bonchev–Trinajstić information content (AvgIpc) is 3.06. The van der Waals surface area contributed by atoms with Crippen LogP contribution in [0.15, 0.2) is 35.5 Å². The van der Waals surface area contributed by atoms with Crippen molar-refractivity contribution in [3.05, 3.63) is 36.2 Å². The highest BCUT2D eigenvalue weighted by molar-refractivity contribution is 7.89. The molecule has 0 bridgehead atoms. The molecule has 11 heteroatoms. The van der Waals surface area contributed by atoms with Crippen molar-refractivity contribution in [3.63, 3.8) is 0 Å². The van der Waals surface area contributed by atoms with E-state index in [-0.39, 0.29) is 10.7 Å². The number of rotatable bonds is 7. The van der Waals surface area contributed by atoms with Gasteiger partial charge in [-0.15, -0.1) is 0 Å². The summed E-state index contributed by atoms with van der Waals surface area (Å²) in [5, 5.41) is 23.5. The van der Waals surface area contributed by atoms with Crippen LogP contribution in [0.3, 0.4) is 0 Å². The minimum atomic E-state index is -3.90. The average molecular weight is 432 g/mol. The van der Waals surface area contributed by atoms with Crippen LogP contribution in [-0.4, -0.2) is 44.1 Å². The topological polar surface area (TPSA) is 163 Å². The van der Waals surface area contributed by atoms with Crippen molar-refractivity contribution in [1.82, 2.24) is 25.0 Å². The van der Waals surface area contributed by atoms with Crippen molar-refractivity contribution in [3.8, 4) is 22.6 Å². The molecule has 160 valence electrons. The molecule has 2 aromatic heterocycles. The first-order valence-corrected chi connectivity index (χ1v) is 10.9. The van der Waals surface area contributed by atoms with Crippen LogP contribution < -0.4 is 10.9 Å². The van der Waals surface area contributed by atoms with Gasteiger partial charge in [0.25, 0.3) is 0 Å². The highest BCUT2D eigenvalue weighted by atomic mass is 32.2. The van der Waals surface area contributed by atoms with E-state index >= 15 is 0 Å². The van der Waals surface area contributed by atoms with Crippen LogP contribution in [-0.2, 0) is 23.5 Å². The fourth-order valence-corrected chi connectivity index (χ4v) is 3.61. The summed E-state index contributed by atoms with van der Waals surface area (Å²) in [6.07, 6.45) is 4.90. The molecule has 3 rings (SSSR count). The molecule has 30 heavy (non-hydrogen) atoms. The van der Waals surface area contributed by atoms with E-state index in [0.717, 1.165) is 5.56 Å². The second-order valence-electron chi connectivity index (χ2n) is 7.74. The number of primary sulfonamides is 1. The van der Waals surface area contributed by atoms with E-state index in [1.807, 2.05) is 0 Å². The van der Waals surface area contributed by atoms with E-state index in [2.05, 4.69) is 20.2 Å². The molecule has 2 heterocycles. The van der Waals surface area contributed by atoms with Crippen molar-refractivity contribution in [2.75, 3.05) is 5.73 Å². The van der Waals surface area contributed by atoms with Crippen LogP contribution in [0, 0.1) is 0 Å². The number of aromatic nitrogens is 5. The number of nitrogens with two attached hydrogens (primary N) is 2. The van der Waals surface area contributed by atoms with Gasteiger partial charge in [-0.3, -0.25) is 0 Å². The Kier molecular flexibility index (Phi) is 5.88. The zero-order valence-electron chi connectivity index (χ0n) is 17.1. The van der Waals surface area contributed by atoms with Gasteiger partial charge in [0.15, 0.2) is 5.82 Å². The summed E-state index contributed by atoms with van der Waals surface area (Å²) in [6.45, 7) is 3.49. The lowest BCUT2D eigenvalue weighted by Crippen LogP contribution is -2.18. The third-order valence-corrected chi connectivity index (χ3v) is 5.47. The Morgan fingerprint density at radius 1 is 1.20 bits per heavy atom. The first-order valence-electron chi connectivity index (χ1n) is 9.32. The summed E-state index contributed by atoms with van der Waals surface area (Å²) in [5.74, 6) is 0.186. The molecule has 0 saturated heterocycles. The summed E-state index contributed by atoms with van der Waals surface area (Å²) >= 11 is 0. The van der Waals surface area contributed by atoms with Crippen molar-refractivity contribution in [1.29, 1.82) is 0 Å². The van der Waals surface area contributed by atoms with Gasteiger partial charge in [0.2, 0.25) is 10.0 Å². The second kappa shape index (κ2) is 8.09. The lowest BCUT2D eigenvalue weighted by Gasteiger charge is -2.17. The molecule has 0 radical (unpaired) electrons. The van der Waals surface area contributed by atoms with E-state index in [0.29, 0.717) is 41.9 Å². The fraction of sp³-hybridized carbons (Fsp3) is 0.368. The maximum Gasteiger partial charge on any atom is 0.238 e. The summed E-state index contributed by atoms with van der Waals surface area (Å²) < 4.78 is 23.8. The first kappa shape index (κ1) is 21.8. The van der Waals surface area contributed by atoms with Gasteiger partial charge in [-0.2, -0.15) is 15.0 Å². The molecule has 0 unspecified atom stereocenters. The third kappa shape index (κ3) is 5.17. The summed E-state index contributed by atoms with van der Waals surface area (Å²) in [5.41, 5.74) is 7.87. The molecule has 0 amide bonds. The van der Waals surface area contributed by atoms with Gasteiger partial charge in [-0.05, 0) is 50.8 Å². The zero-order valence-corrected chi connectivity index (χ0v) is 17.9. The highest BCUT2D eigenvalue weighted by Gasteiger charge is 2.18. The van der Waals surface area contributed by atoms with Crippen molar-refractivity contribution in [2.24, 2.45) is 12.2 Å². The Balaban J connectivity index is 2.08. The summed E-state index contributed by atoms with van der Waals surface area (Å²) in [4.78, 5) is 10.1. The number of benzene rings is 1. The van der Waals surface area contributed by atoms with E-state index in [1.165, 1.54) is 29.3 Å². The van der Waals surface area contributed by atoms with Gasteiger partial charge < -0.3 is 10.8 Å². The number of hydrogen-bond acceptors (Lipinski definition) is 8. The normalized spacial score (nSPS) is 12.3. The summed E-state index contributed by atoms with van der Waals surface area (Å²) in [7, 11) is -2.23. The molecule has 0 aliphatic heterocycles. The van der Waals surface area contributed by atoms with Gasteiger partial charge in [-0.1, -0.05) is 6.07 Å². The van der Waals surface area contributed by atoms with Crippen LogP contribution in [0.5, 0.6) is 0 Å². The van der Waals surface area contributed by atoms with Gasteiger partial charge in [0, 0.05) is 12.6 Å². The first-order chi connectivity index (χ1) is 13.9. The molecular weight excluding hydrogens is 406 g/mol. The Labute approximate surface area is 175 Å². The Hall–Kier alpha value is -2.89. The Bertz CT molecular complexity index is 1170. The summed E-state index contributed by atoms with van der Waals surface area (Å²) in [6, 6.07) is 4.65. The van der Waals surface area contributed by atoms with Crippen molar-refractivity contribution in [2.45, 2.75) is 43.6 Å². The van der Waals surface area contributed by atoms with Crippen LogP contribution in [0.25, 0.3) is 22.6 Å². The monoisotopic (exact) mass is 431 g/mol. The maximum absolute atomic E-state index is 11.9. The molecule has 3 aromatic rings. The van der Waals surface area contributed by atoms with Crippen LogP contribution in [0.2, 0.25) is 0 Å². The largest absolute Gasteiger partial charge is 0.390 e. The highest BCUT2D eigenvalue weighted by Crippen LogP contribution is 2.30. The standard InChI is InChI=1S/C19H25N7O3S/c1-19(2,27)8-4-5-12-6-7-13(30(21,28)29)9-14(12)15-10-22-18(20)17(24-15)16-11-23-26(3)25-16/h6-7,9-11,27H,4-5,8H2,1-3H3,(H2,20,22)(H2,21,28,29). The molecular formula is C19H25N7O3S. The van der Waals surface area contributed by atoms with Gasteiger partial charge in [0.05, 0.1) is 28.6 Å². The van der Waals surface area contributed by atoms with E-state index in [9.17, 15) is 13.5 Å². The molecule has 0 aliphatic rings. The third-order valence-electron chi connectivity index (χ3n) is 4.56. The second-order valence-corrected chi connectivity index (χ2v) is 9.30. The molecule has 0 spiro atoms. The maximum atomic E-state index is 11.9.